The Kier molecular flexibility index (Phi) is 2.15. The van der Waals surface area contributed by atoms with Crippen LogP contribution in [-0.4, -0.2) is 37.9 Å². The molecule has 0 aromatic heterocycles. The number of hydroxylamine groups is 3. The molecule has 1 fully saturated rings. The molecule has 11 heavy (non-hydrogen) atoms. The first-order valence-corrected chi connectivity index (χ1v) is 3.67. The molecule has 0 bridgehead atoms. The summed E-state index contributed by atoms with van der Waals surface area (Å²) in [6.07, 6.45) is 0.407. The molecule has 1 aliphatic heterocycles. The lowest BCUT2D eigenvalue weighted by Gasteiger charge is -2.35. The summed E-state index contributed by atoms with van der Waals surface area (Å²) in [5.41, 5.74) is 0. The fourth-order valence-corrected chi connectivity index (χ4v) is 1.30. The van der Waals surface area contributed by atoms with Crippen LogP contribution in [0.1, 0.15) is 6.42 Å². The van der Waals surface area contributed by atoms with E-state index in [0.29, 0.717) is 19.6 Å². The third kappa shape index (κ3) is 2.86. The van der Waals surface area contributed by atoms with Gasteiger partial charge in [-0.3, -0.25) is 4.79 Å². The second-order valence-electron chi connectivity index (χ2n) is 3.51. The quantitative estimate of drug-likeness (QED) is 0.327. The van der Waals surface area contributed by atoms with Gasteiger partial charge in [0.05, 0.1) is 33.0 Å². The van der Waals surface area contributed by atoms with Gasteiger partial charge < -0.3 is 14.6 Å². The highest BCUT2D eigenvalue weighted by Gasteiger charge is 2.27. The molecule has 0 aromatic rings. The molecular weight excluding hydrogens is 146 g/mol. The minimum absolute atomic E-state index is 0.120. The Balaban J connectivity index is 2.34. The third-order valence-corrected chi connectivity index (χ3v) is 1.63. The van der Waals surface area contributed by atoms with E-state index in [1.54, 1.807) is 14.1 Å². The van der Waals surface area contributed by atoms with Crippen molar-refractivity contribution in [2.75, 3.05) is 27.2 Å². The minimum Gasteiger partial charge on any atom is -0.633 e. The van der Waals surface area contributed by atoms with E-state index in [2.05, 4.69) is 0 Å². The molecule has 0 amide bonds. The van der Waals surface area contributed by atoms with Crippen molar-refractivity contribution in [2.45, 2.75) is 6.42 Å². The first kappa shape index (κ1) is 8.49. The van der Waals surface area contributed by atoms with E-state index in [1.165, 1.54) is 0 Å². The van der Waals surface area contributed by atoms with Crippen molar-refractivity contribution in [3.05, 3.63) is 5.21 Å². The van der Waals surface area contributed by atoms with E-state index >= 15 is 0 Å². The van der Waals surface area contributed by atoms with Crippen molar-refractivity contribution >= 4 is 5.97 Å². The lowest BCUT2D eigenvalue weighted by Crippen LogP contribution is -2.37. The van der Waals surface area contributed by atoms with Gasteiger partial charge in [0.15, 0.2) is 0 Å². The molecule has 0 aromatic carbocycles. The molecule has 1 rings (SSSR count). The highest BCUT2D eigenvalue weighted by atomic mass is 16.5. The summed E-state index contributed by atoms with van der Waals surface area (Å²) in [5, 5.41) is 11.1. The van der Waals surface area contributed by atoms with E-state index in [0.717, 1.165) is 0 Å². The maximum atomic E-state index is 11.1. The number of carbonyl (C=O) groups is 1. The van der Waals surface area contributed by atoms with Gasteiger partial charge >= 0.3 is 5.97 Å². The largest absolute Gasteiger partial charge is 0.633 e. The number of hydrogen-bond donors (Lipinski definition) is 0. The maximum absolute atomic E-state index is 11.1. The van der Waals surface area contributed by atoms with Gasteiger partial charge in [-0.05, 0) is 0 Å². The van der Waals surface area contributed by atoms with Crippen molar-refractivity contribution in [3.63, 3.8) is 0 Å². The van der Waals surface area contributed by atoms with E-state index in [-0.39, 0.29) is 16.5 Å². The SMILES string of the molecule is C[N+](C)([O-])CC1COC(=O)C1. The number of nitrogens with zero attached hydrogens (tertiary/aromatic N) is 1. The van der Waals surface area contributed by atoms with Gasteiger partial charge in [0.1, 0.15) is 6.61 Å². The monoisotopic (exact) mass is 159 g/mol. The average molecular weight is 159 g/mol. The first-order chi connectivity index (χ1) is 4.97. The minimum atomic E-state index is -0.346. The molecule has 0 N–H and O–H groups in total. The highest BCUT2D eigenvalue weighted by Crippen LogP contribution is 2.16. The second-order valence-corrected chi connectivity index (χ2v) is 3.51. The molecule has 0 radical (unpaired) electrons. The van der Waals surface area contributed by atoms with Gasteiger partial charge in [-0.25, -0.2) is 0 Å². The third-order valence-electron chi connectivity index (χ3n) is 1.63. The van der Waals surface area contributed by atoms with Gasteiger partial charge in [-0.15, -0.1) is 0 Å². The molecule has 0 spiro atoms. The van der Waals surface area contributed by atoms with E-state index < -0.39 is 0 Å². The molecule has 1 aliphatic rings. The first-order valence-electron chi connectivity index (χ1n) is 3.67. The number of carbonyl (C=O) groups excluding carboxylic acids is 1. The highest BCUT2D eigenvalue weighted by molar-refractivity contribution is 5.71. The zero-order valence-corrected chi connectivity index (χ0v) is 6.87. The lowest BCUT2D eigenvalue weighted by molar-refractivity contribution is -0.843. The van der Waals surface area contributed by atoms with Crippen LogP contribution >= 0.6 is 0 Å². The Hall–Kier alpha value is -0.610. The van der Waals surface area contributed by atoms with Gasteiger partial charge in [0, 0.05) is 0 Å². The number of hydrogen-bond acceptors (Lipinski definition) is 3. The van der Waals surface area contributed by atoms with Crippen LogP contribution < -0.4 is 0 Å². The van der Waals surface area contributed by atoms with Gasteiger partial charge in [-0.1, -0.05) is 0 Å². The summed E-state index contributed by atoms with van der Waals surface area (Å²) < 4.78 is 4.38. The van der Waals surface area contributed by atoms with Crippen molar-refractivity contribution < 1.29 is 14.2 Å². The van der Waals surface area contributed by atoms with Crippen molar-refractivity contribution in [2.24, 2.45) is 5.92 Å². The zero-order chi connectivity index (χ0) is 8.48. The summed E-state index contributed by atoms with van der Waals surface area (Å²) in [4.78, 5) is 10.6. The van der Waals surface area contributed by atoms with Crippen LogP contribution in [0.4, 0.5) is 0 Å². The summed E-state index contributed by atoms with van der Waals surface area (Å²) in [6.45, 7) is 0.883. The smallest absolute Gasteiger partial charge is 0.306 e. The summed E-state index contributed by atoms with van der Waals surface area (Å²) in [6, 6.07) is 0. The lowest BCUT2D eigenvalue weighted by atomic mass is 10.1. The fraction of sp³-hybridized carbons (Fsp3) is 0.857. The molecule has 1 heterocycles. The summed E-state index contributed by atoms with van der Waals surface area (Å²) in [5.74, 6) is -0.0570. The molecule has 0 saturated carbocycles. The number of rotatable bonds is 2. The fourth-order valence-electron chi connectivity index (χ4n) is 1.30. The van der Waals surface area contributed by atoms with Crippen LogP contribution in [0.15, 0.2) is 0 Å². The predicted molar refractivity (Wildman–Crippen MR) is 39.4 cm³/mol. The molecule has 0 aliphatic carbocycles. The summed E-state index contributed by atoms with van der Waals surface area (Å²) in [7, 11) is 3.14. The zero-order valence-electron chi connectivity index (χ0n) is 6.87. The van der Waals surface area contributed by atoms with Crippen LogP contribution in [0.2, 0.25) is 0 Å². The van der Waals surface area contributed by atoms with E-state index in [1.807, 2.05) is 0 Å². The van der Waals surface area contributed by atoms with Crippen molar-refractivity contribution in [1.29, 1.82) is 0 Å². The van der Waals surface area contributed by atoms with Crippen molar-refractivity contribution in [3.8, 4) is 0 Å². The van der Waals surface area contributed by atoms with Gasteiger partial charge in [-0.2, -0.15) is 0 Å². The van der Waals surface area contributed by atoms with Gasteiger partial charge in [0.2, 0.25) is 0 Å². The molecular formula is C7H13NO3. The number of esters is 1. The second kappa shape index (κ2) is 2.79. The number of quaternary nitrogens is 1. The molecule has 1 saturated heterocycles. The maximum Gasteiger partial charge on any atom is 0.306 e. The molecule has 64 valence electrons. The normalized spacial score (nSPS) is 25.4. The van der Waals surface area contributed by atoms with Crippen LogP contribution in [0.25, 0.3) is 0 Å². The Labute approximate surface area is 65.9 Å². The van der Waals surface area contributed by atoms with Crippen molar-refractivity contribution in [1.82, 2.24) is 0 Å². The van der Waals surface area contributed by atoms with Crippen LogP contribution in [0, 0.1) is 11.1 Å². The summed E-state index contributed by atoms with van der Waals surface area (Å²) >= 11 is 0. The predicted octanol–water partition coefficient (Wildman–Crippen LogP) is 0.124. The number of ether oxygens (including phenoxy) is 1. The molecule has 1 unspecified atom stereocenters. The molecule has 4 nitrogen and oxygen atoms in total. The van der Waals surface area contributed by atoms with Crippen LogP contribution in [0.5, 0.6) is 0 Å². The van der Waals surface area contributed by atoms with Crippen LogP contribution in [-0.2, 0) is 9.53 Å². The van der Waals surface area contributed by atoms with Crippen LogP contribution in [0.3, 0.4) is 0 Å². The molecule has 1 atom stereocenters. The Morgan fingerprint density at radius 1 is 1.73 bits per heavy atom. The topological polar surface area (TPSA) is 49.4 Å². The average Bonchev–Trinajstić information content (AvgIpc) is 2.10. The Morgan fingerprint density at radius 2 is 2.36 bits per heavy atom. The van der Waals surface area contributed by atoms with E-state index in [9.17, 15) is 10.0 Å². The number of cyclic esters (lactones) is 1. The Bertz CT molecular complexity index is 162. The van der Waals surface area contributed by atoms with Gasteiger partial charge in [0.25, 0.3) is 0 Å². The Morgan fingerprint density at radius 3 is 2.73 bits per heavy atom. The van der Waals surface area contributed by atoms with E-state index in [4.69, 9.17) is 4.74 Å². The standard InChI is InChI=1S/C7H13NO3/c1-8(2,10)4-6-3-7(9)11-5-6/h6H,3-5H2,1-2H3. The molecule has 4 heteroatoms.